The van der Waals surface area contributed by atoms with Crippen LogP contribution in [0.15, 0.2) is 30.5 Å². The number of phosphoric ester groups is 1. The first-order valence-electron chi connectivity index (χ1n) is 5.47. The van der Waals surface area contributed by atoms with Crippen molar-refractivity contribution >= 4 is 18.7 Å². The minimum absolute atomic E-state index is 0.401. The van der Waals surface area contributed by atoms with E-state index in [1.807, 2.05) is 0 Å². The Balaban J connectivity index is 2.15. The monoisotopic (exact) mass is 285 g/mol. The molecule has 3 N–H and O–H groups in total. The van der Waals surface area contributed by atoms with E-state index in [0.29, 0.717) is 10.9 Å². The fourth-order valence-electron chi connectivity index (χ4n) is 1.80. The highest BCUT2D eigenvalue weighted by molar-refractivity contribution is 7.43. The number of aliphatic hydroxyl groups is 2. The molecule has 0 spiro atoms. The van der Waals surface area contributed by atoms with E-state index in [4.69, 9.17) is 0 Å². The van der Waals surface area contributed by atoms with Crippen LogP contribution in [0, 0.1) is 0 Å². The number of rotatable bonds is 5. The third kappa shape index (κ3) is 3.42. The van der Waals surface area contributed by atoms with Crippen LogP contribution in [0.2, 0.25) is 0 Å². The molecule has 1 aromatic heterocycles. The van der Waals surface area contributed by atoms with E-state index in [1.54, 1.807) is 24.3 Å². The lowest BCUT2D eigenvalue weighted by Gasteiger charge is -2.30. The molecule has 7 nitrogen and oxygen atoms in total. The highest BCUT2D eigenvalue weighted by Gasteiger charge is 2.21. The molecule has 0 bridgehead atoms. The second-order valence-electron chi connectivity index (χ2n) is 4.04. The molecule has 8 heteroatoms. The van der Waals surface area contributed by atoms with Gasteiger partial charge in [0.2, 0.25) is 0 Å². The Morgan fingerprint density at radius 2 is 2.00 bits per heavy atom. The standard InChI is InChI=1S/C11H14NO6P/c13-10(6-18-19(15,16)17)11(14)8-5-12-9-4-2-1-3-7(8)9/h1-5,10-14H,6H2,(H2,15,16,17)/p-2. The van der Waals surface area contributed by atoms with Crippen molar-refractivity contribution in [3.05, 3.63) is 36.0 Å². The summed E-state index contributed by atoms with van der Waals surface area (Å²) in [6.07, 6.45) is -1.37. The Labute approximate surface area is 108 Å². The Bertz CT molecular complexity index is 606. The molecular formula is C11H12NO6P-2. The summed E-state index contributed by atoms with van der Waals surface area (Å²) in [4.78, 5) is 23.5. The largest absolute Gasteiger partial charge is 0.790 e. The van der Waals surface area contributed by atoms with Crippen LogP contribution >= 0.6 is 7.82 Å². The van der Waals surface area contributed by atoms with Gasteiger partial charge >= 0.3 is 0 Å². The van der Waals surface area contributed by atoms with Crippen molar-refractivity contribution in [3.63, 3.8) is 0 Å². The van der Waals surface area contributed by atoms with Crippen molar-refractivity contribution in [1.29, 1.82) is 0 Å². The molecule has 2 rings (SSSR count). The zero-order valence-corrected chi connectivity index (χ0v) is 10.6. The lowest BCUT2D eigenvalue weighted by molar-refractivity contribution is -0.343. The number of aliphatic hydroxyl groups excluding tert-OH is 2. The number of nitrogens with one attached hydrogen (secondary N) is 1. The molecule has 0 aliphatic rings. The normalized spacial score (nSPS) is 15.6. The van der Waals surface area contributed by atoms with Crippen molar-refractivity contribution in [1.82, 2.24) is 4.98 Å². The van der Waals surface area contributed by atoms with Gasteiger partial charge in [0.05, 0.1) is 14.4 Å². The first-order valence-corrected chi connectivity index (χ1v) is 6.93. The molecule has 1 heterocycles. The topological polar surface area (TPSA) is 129 Å². The molecule has 0 aliphatic heterocycles. The Morgan fingerprint density at radius 1 is 1.32 bits per heavy atom. The third-order valence-electron chi connectivity index (χ3n) is 2.71. The van der Waals surface area contributed by atoms with Gasteiger partial charge in [-0.2, -0.15) is 0 Å². The summed E-state index contributed by atoms with van der Waals surface area (Å²) in [5.74, 6) is 0. The summed E-state index contributed by atoms with van der Waals surface area (Å²) >= 11 is 0. The molecule has 0 fully saturated rings. The Morgan fingerprint density at radius 3 is 2.68 bits per heavy atom. The molecular weight excluding hydrogens is 273 g/mol. The van der Waals surface area contributed by atoms with Crippen molar-refractivity contribution in [2.45, 2.75) is 12.2 Å². The number of aromatic nitrogens is 1. The highest BCUT2D eigenvalue weighted by atomic mass is 31.2. The molecule has 0 radical (unpaired) electrons. The number of para-hydroxylation sites is 1. The highest BCUT2D eigenvalue weighted by Crippen LogP contribution is 2.29. The van der Waals surface area contributed by atoms with Gasteiger partial charge < -0.3 is 34.1 Å². The van der Waals surface area contributed by atoms with Crippen LogP contribution < -0.4 is 9.79 Å². The number of benzene rings is 1. The number of fused-ring (bicyclic) bond motifs is 1. The fraction of sp³-hybridized carbons (Fsp3) is 0.273. The maximum absolute atomic E-state index is 10.3. The second-order valence-corrected chi connectivity index (χ2v) is 5.20. The van der Waals surface area contributed by atoms with Crippen LogP contribution in [-0.4, -0.2) is 27.9 Å². The van der Waals surface area contributed by atoms with E-state index < -0.39 is 26.6 Å². The van der Waals surface area contributed by atoms with Gasteiger partial charge in [-0.05, 0) is 6.07 Å². The average Bonchev–Trinajstić information content (AvgIpc) is 2.78. The predicted octanol–water partition coefficient (Wildman–Crippen LogP) is -0.593. The predicted molar refractivity (Wildman–Crippen MR) is 62.8 cm³/mol. The molecule has 2 aromatic rings. The fourth-order valence-corrected chi connectivity index (χ4v) is 2.14. The van der Waals surface area contributed by atoms with Crippen molar-refractivity contribution in [2.24, 2.45) is 0 Å². The van der Waals surface area contributed by atoms with Crippen LogP contribution in [-0.2, 0) is 9.09 Å². The van der Waals surface area contributed by atoms with Crippen LogP contribution in [0.4, 0.5) is 0 Å². The van der Waals surface area contributed by atoms with Crippen LogP contribution in [0.1, 0.15) is 11.7 Å². The van der Waals surface area contributed by atoms with Crippen LogP contribution in [0.5, 0.6) is 0 Å². The first-order chi connectivity index (χ1) is 8.88. The second kappa shape index (κ2) is 5.42. The smallest absolute Gasteiger partial charge is 0.109 e. The van der Waals surface area contributed by atoms with Gasteiger partial charge in [0, 0.05) is 22.7 Å². The van der Waals surface area contributed by atoms with E-state index >= 15 is 0 Å². The molecule has 2 unspecified atom stereocenters. The molecule has 2 atom stereocenters. The number of phosphoric acid groups is 1. The van der Waals surface area contributed by atoms with Crippen LogP contribution in [0.25, 0.3) is 10.9 Å². The van der Waals surface area contributed by atoms with Gasteiger partial charge in [-0.1, -0.05) is 18.2 Å². The van der Waals surface area contributed by atoms with E-state index in [-0.39, 0.29) is 0 Å². The van der Waals surface area contributed by atoms with E-state index in [0.717, 1.165) is 5.52 Å². The number of hydrogen-bond acceptors (Lipinski definition) is 6. The molecule has 0 saturated heterocycles. The Kier molecular flexibility index (Phi) is 4.05. The van der Waals surface area contributed by atoms with E-state index in [1.165, 1.54) is 6.20 Å². The Hall–Kier alpha value is -1.21. The van der Waals surface area contributed by atoms with Gasteiger partial charge in [-0.3, -0.25) is 0 Å². The minimum Gasteiger partial charge on any atom is -0.790 e. The van der Waals surface area contributed by atoms with Gasteiger partial charge in [0.25, 0.3) is 0 Å². The van der Waals surface area contributed by atoms with Gasteiger partial charge in [0.1, 0.15) is 12.2 Å². The van der Waals surface area contributed by atoms with Crippen molar-refractivity contribution in [2.75, 3.05) is 6.61 Å². The molecule has 0 aliphatic carbocycles. The molecule has 19 heavy (non-hydrogen) atoms. The first kappa shape index (κ1) is 14.2. The molecule has 0 saturated carbocycles. The van der Waals surface area contributed by atoms with E-state index in [2.05, 4.69) is 9.51 Å². The molecule has 1 aromatic carbocycles. The lowest BCUT2D eigenvalue weighted by atomic mass is 10.0. The SMILES string of the molecule is O=P([O-])([O-])OCC(O)C(O)c1c[nH]c2ccccc12. The number of aromatic amines is 1. The maximum Gasteiger partial charge on any atom is 0.109 e. The number of H-pyrrole nitrogens is 1. The molecule has 104 valence electrons. The zero-order chi connectivity index (χ0) is 14.0. The minimum atomic E-state index is -5.16. The average molecular weight is 285 g/mol. The molecule has 0 amide bonds. The van der Waals surface area contributed by atoms with Crippen molar-refractivity contribution < 1.29 is 29.1 Å². The summed E-state index contributed by atoms with van der Waals surface area (Å²) < 4.78 is 14.3. The lowest BCUT2D eigenvalue weighted by Crippen LogP contribution is -2.27. The van der Waals surface area contributed by atoms with E-state index in [9.17, 15) is 24.6 Å². The summed E-state index contributed by atoms with van der Waals surface area (Å²) in [6.45, 7) is -0.787. The summed E-state index contributed by atoms with van der Waals surface area (Å²) in [6, 6.07) is 7.10. The quantitative estimate of drug-likeness (QED) is 0.629. The van der Waals surface area contributed by atoms with Gasteiger partial charge in [-0.25, -0.2) is 0 Å². The maximum atomic E-state index is 10.3. The third-order valence-corrected chi connectivity index (χ3v) is 3.17. The van der Waals surface area contributed by atoms with Gasteiger partial charge in [-0.15, -0.1) is 0 Å². The van der Waals surface area contributed by atoms with Crippen LogP contribution in [0.3, 0.4) is 0 Å². The number of hydrogen-bond donors (Lipinski definition) is 3. The summed E-state index contributed by atoms with van der Waals surface area (Å²) in [7, 11) is -5.16. The summed E-state index contributed by atoms with van der Waals surface area (Å²) in [5.41, 5.74) is 1.17. The van der Waals surface area contributed by atoms with Gasteiger partial charge in [0.15, 0.2) is 0 Å². The zero-order valence-electron chi connectivity index (χ0n) is 9.72. The van der Waals surface area contributed by atoms with Crippen molar-refractivity contribution in [3.8, 4) is 0 Å². The summed E-state index contributed by atoms with van der Waals surface area (Å²) in [5, 5.41) is 20.2.